The van der Waals surface area contributed by atoms with Crippen LogP contribution in [-0.4, -0.2) is 88.8 Å². The van der Waals surface area contributed by atoms with Crippen LogP contribution in [0.1, 0.15) is 31.9 Å². The maximum atomic E-state index is 14.1. The van der Waals surface area contributed by atoms with E-state index in [-0.39, 0.29) is 34.6 Å². The third kappa shape index (κ3) is 8.32. The van der Waals surface area contributed by atoms with E-state index < -0.39 is 59.4 Å². The van der Waals surface area contributed by atoms with E-state index in [1.165, 1.54) is 52.4 Å². The Morgan fingerprint density at radius 2 is 1.63 bits per heavy atom. The molecular formula is C37H43FN6O8. The van der Waals surface area contributed by atoms with Crippen LogP contribution in [0.15, 0.2) is 71.5 Å². The first kappa shape index (κ1) is 38.8. The minimum atomic E-state index is -1.77. The number of benzene rings is 3. The van der Waals surface area contributed by atoms with E-state index in [0.29, 0.717) is 22.5 Å². The molecule has 14 nitrogen and oxygen atoms in total. The van der Waals surface area contributed by atoms with Gasteiger partial charge in [-0.2, -0.15) is 0 Å². The molecule has 0 saturated carbocycles. The van der Waals surface area contributed by atoms with Crippen molar-refractivity contribution in [2.45, 2.75) is 44.8 Å². The van der Waals surface area contributed by atoms with Crippen LogP contribution in [0.5, 0.6) is 5.75 Å². The van der Waals surface area contributed by atoms with Gasteiger partial charge in [-0.15, -0.1) is 0 Å². The largest absolute Gasteiger partial charge is 0.496 e. The molecule has 3 atom stereocenters. The number of carbonyl (C=O) groups is 4. The number of rotatable bonds is 13. The van der Waals surface area contributed by atoms with Crippen molar-refractivity contribution in [3.05, 3.63) is 93.9 Å². The van der Waals surface area contributed by atoms with Crippen molar-refractivity contribution in [1.82, 2.24) is 20.1 Å². The van der Waals surface area contributed by atoms with Crippen molar-refractivity contribution in [1.29, 1.82) is 0 Å². The highest BCUT2D eigenvalue weighted by Crippen LogP contribution is 2.42. The lowest BCUT2D eigenvalue weighted by molar-refractivity contribution is -0.127. The molecular weight excluding hydrogens is 675 g/mol. The number of H-pyrrole nitrogens is 1. The summed E-state index contributed by atoms with van der Waals surface area (Å²) >= 11 is 0. The Balaban J connectivity index is 1.84. The van der Waals surface area contributed by atoms with Crippen molar-refractivity contribution < 1.29 is 38.5 Å². The third-order valence-electron chi connectivity index (χ3n) is 9.02. The Kier molecular flexibility index (Phi) is 11.9. The first-order valence-corrected chi connectivity index (χ1v) is 16.4. The molecule has 0 aliphatic rings. The smallest absolute Gasteiger partial charge is 0.407 e. The minimum Gasteiger partial charge on any atom is -0.496 e. The molecule has 4 amide bonds. The van der Waals surface area contributed by atoms with Crippen molar-refractivity contribution in [3.63, 3.8) is 0 Å². The van der Waals surface area contributed by atoms with Gasteiger partial charge in [0.25, 0.3) is 0 Å². The van der Waals surface area contributed by atoms with Crippen LogP contribution in [0.25, 0.3) is 22.2 Å². The Hall–Kier alpha value is -5.96. The topological polar surface area (TPSA) is 207 Å². The lowest BCUT2D eigenvalue weighted by Crippen LogP contribution is -2.55. The first-order valence-electron chi connectivity index (χ1n) is 16.4. The summed E-state index contributed by atoms with van der Waals surface area (Å²) in [4.78, 5) is 69.4. The number of anilines is 1. The average molecular weight is 719 g/mol. The number of hydrogen-bond donors (Lipinski definition) is 6. The number of ether oxygens (including phenoxy) is 1. The lowest BCUT2D eigenvalue weighted by Gasteiger charge is -2.44. The molecule has 1 aromatic heterocycles. The van der Waals surface area contributed by atoms with E-state index in [4.69, 9.17) is 10.5 Å². The number of halogens is 1. The Morgan fingerprint density at radius 1 is 0.962 bits per heavy atom. The van der Waals surface area contributed by atoms with E-state index in [1.807, 2.05) is 0 Å². The summed E-state index contributed by atoms with van der Waals surface area (Å²) in [6.07, 6.45) is -2.91. The molecule has 4 aromatic rings. The summed E-state index contributed by atoms with van der Waals surface area (Å²) in [6, 6.07) is 14.8. The summed E-state index contributed by atoms with van der Waals surface area (Å²) in [7, 11) is 3.91. The molecule has 1 heterocycles. The zero-order chi connectivity index (χ0) is 38.5. The number of aromatic nitrogens is 1. The lowest BCUT2D eigenvalue weighted by atomic mass is 9.79. The van der Waals surface area contributed by atoms with Crippen LogP contribution < -0.4 is 26.5 Å². The van der Waals surface area contributed by atoms with Gasteiger partial charge in [0.1, 0.15) is 17.6 Å². The normalized spacial score (nSPS) is 13.5. The van der Waals surface area contributed by atoms with Gasteiger partial charge in [-0.05, 0) is 54.8 Å². The summed E-state index contributed by atoms with van der Waals surface area (Å²) in [5.41, 5.74) is 5.56. The van der Waals surface area contributed by atoms with Crippen molar-refractivity contribution >= 4 is 40.6 Å². The molecule has 4 rings (SSSR count). The average Bonchev–Trinajstić information content (AvgIpc) is 3.10. The van der Waals surface area contributed by atoms with Crippen LogP contribution in [0.2, 0.25) is 0 Å². The predicted molar refractivity (Wildman–Crippen MR) is 194 cm³/mol. The van der Waals surface area contributed by atoms with Crippen LogP contribution in [0.3, 0.4) is 0 Å². The number of nitrogens with two attached hydrogens (primary N) is 1. The van der Waals surface area contributed by atoms with Gasteiger partial charge in [-0.1, -0.05) is 38.1 Å². The SMILES string of the molecule is COc1ccc2[nH]c(-c3cccc(F)c3)cc(=O)c2c1C(Cc1ccc(NC(=O)[C@H](C)NC(=O)[C@@H](N)C(C)C)cc1)(CN(C)C(=O)O)N(C)C(=O)O. The minimum absolute atomic E-state index is 0.0449. The number of carboxylic acid groups (broad SMARTS) is 2. The van der Waals surface area contributed by atoms with E-state index in [2.05, 4.69) is 15.6 Å². The number of nitrogens with one attached hydrogen (secondary N) is 3. The van der Waals surface area contributed by atoms with Gasteiger partial charge >= 0.3 is 12.2 Å². The number of methoxy groups -OCH3 is 1. The molecule has 0 aliphatic heterocycles. The van der Waals surface area contributed by atoms with Crippen LogP contribution in [0, 0.1) is 11.7 Å². The fraction of sp³-hybridized carbons (Fsp3) is 0.324. The summed E-state index contributed by atoms with van der Waals surface area (Å²) in [6.45, 7) is 4.67. The molecule has 276 valence electrons. The maximum Gasteiger partial charge on any atom is 0.407 e. The highest BCUT2D eigenvalue weighted by atomic mass is 19.1. The molecule has 0 bridgehead atoms. The molecule has 0 radical (unpaired) electrons. The fourth-order valence-corrected chi connectivity index (χ4v) is 6.00. The molecule has 0 fully saturated rings. The fourth-order valence-electron chi connectivity index (χ4n) is 6.00. The second kappa shape index (κ2) is 15.9. The quantitative estimate of drug-likeness (QED) is 0.115. The number of likely N-dealkylation sites (N-methyl/N-ethyl adjacent to an activating group) is 2. The zero-order valence-corrected chi connectivity index (χ0v) is 29.7. The van der Waals surface area contributed by atoms with E-state index in [0.717, 1.165) is 9.80 Å². The Labute approximate surface area is 299 Å². The Bertz CT molecular complexity index is 2040. The number of aromatic amines is 1. The summed E-state index contributed by atoms with van der Waals surface area (Å²) in [5, 5.41) is 25.8. The monoisotopic (exact) mass is 718 g/mol. The van der Waals surface area contributed by atoms with Gasteiger partial charge in [0, 0.05) is 49.1 Å². The molecule has 7 N–H and O–H groups in total. The van der Waals surface area contributed by atoms with Gasteiger partial charge in [-0.25, -0.2) is 14.0 Å². The number of fused-ring (bicyclic) bond motifs is 1. The molecule has 0 aliphatic carbocycles. The van der Waals surface area contributed by atoms with E-state index in [1.54, 1.807) is 56.3 Å². The molecule has 15 heteroatoms. The van der Waals surface area contributed by atoms with Gasteiger partial charge < -0.3 is 41.2 Å². The first-order chi connectivity index (χ1) is 24.5. The molecule has 0 saturated heterocycles. The van der Waals surface area contributed by atoms with Gasteiger partial charge in [0.15, 0.2) is 5.43 Å². The highest BCUT2D eigenvalue weighted by Gasteiger charge is 2.45. The van der Waals surface area contributed by atoms with Crippen molar-refractivity contribution in [2.75, 3.05) is 33.1 Å². The van der Waals surface area contributed by atoms with Crippen LogP contribution >= 0.6 is 0 Å². The van der Waals surface area contributed by atoms with Crippen molar-refractivity contribution in [2.24, 2.45) is 11.7 Å². The van der Waals surface area contributed by atoms with Gasteiger partial charge in [0.05, 0.1) is 36.1 Å². The van der Waals surface area contributed by atoms with Gasteiger partial charge in [0.2, 0.25) is 11.8 Å². The third-order valence-corrected chi connectivity index (χ3v) is 9.02. The molecule has 0 spiro atoms. The number of amides is 4. The summed E-state index contributed by atoms with van der Waals surface area (Å²) in [5.74, 6) is -1.48. The standard InChI is InChI=1S/C37H43FN6O8/c1-20(2)32(39)34(47)40-21(3)33(46)41-25-12-10-22(11-13-25)18-37(44(5)36(50)51,19-43(4)35(48)49)31-29(52-6)15-14-26-30(31)28(45)17-27(42-26)23-8-7-9-24(38)16-23/h7-17,20-21,32H,18-19,39H2,1-6H3,(H,40,47)(H,41,46)(H,42,45)(H,48,49)(H,50,51)/t21-,32-,37?/m0/s1. The van der Waals surface area contributed by atoms with E-state index >= 15 is 0 Å². The summed E-state index contributed by atoms with van der Waals surface area (Å²) < 4.78 is 19.8. The van der Waals surface area contributed by atoms with Gasteiger partial charge in [-0.3, -0.25) is 19.3 Å². The number of nitrogens with zero attached hydrogens (tertiary/aromatic N) is 2. The van der Waals surface area contributed by atoms with Crippen LogP contribution in [0.4, 0.5) is 19.7 Å². The number of pyridine rings is 1. The predicted octanol–water partition coefficient (Wildman–Crippen LogP) is 4.43. The Morgan fingerprint density at radius 3 is 2.21 bits per heavy atom. The highest BCUT2D eigenvalue weighted by molar-refractivity contribution is 5.97. The van der Waals surface area contributed by atoms with Crippen molar-refractivity contribution in [3.8, 4) is 17.0 Å². The maximum absolute atomic E-state index is 14.1. The zero-order valence-electron chi connectivity index (χ0n) is 29.7. The molecule has 1 unspecified atom stereocenters. The second-order valence-electron chi connectivity index (χ2n) is 13.0. The van der Waals surface area contributed by atoms with Crippen LogP contribution in [-0.2, 0) is 21.5 Å². The molecule has 52 heavy (non-hydrogen) atoms. The number of hydrogen-bond acceptors (Lipinski definition) is 7. The molecule has 3 aromatic carbocycles. The number of carbonyl (C=O) groups excluding carboxylic acids is 2. The second-order valence-corrected chi connectivity index (χ2v) is 13.0. The van der Waals surface area contributed by atoms with E-state index in [9.17, 15) is 38.6 Å².